The number of hydrogen-bond donors (Lipinski definition) is 4. The van der Waals surface area contributed by atoms with Crippen molar-refractivity contribution in [3.05, 3.63) is 74.3 Å². The van der Waals surface area contributed by atoms with Gasteiger partial charge in [-0.3, -0.25) is 9.59 Å². The summed E-state index contributed by atoms with van der Waals surface area (Å²) in [6, 6.07) is 14.7. The molecule has 1 aromatic heterocycles. The molecule has 0 radical (unpaired) electrons. The van der Waals surface area contributed by atoms with Crippen LogP contribution >= 0.6 is 34.2 Å². The Morgan fingerprint density at radius 2 is 1.63 bits per heavy atom. The van der Waals surface area contributed by atoms with Crippen LogP contribution in [0.1, 0.15) is 15.9 Å². The van der Waals surface area contributed by atoms with Crippen LogP contribution in [0.25, 0.3) is 22.2 Å². The molecule has 4 rings (SSSR count). The van der Waals surface area contributed by atoms with E-state index in [4.69, 9.17) is 11.6 Å². The largest absolute Gasteiger partial charge is 0.507 e. The lowest BCUT2D eigenvalue weighted by atomic mass is 10.1. The Morgan fingerprint density at radius 3 is 2.26 bits per heavy atom. The van der Waals surface area contributed by atoms with Crippen molar-refractivity contribution in [1.29, 1.82) is 0 Å². The Labute approximate surface area is 218 Å². The lowest BCUT2D eigenvalue weighted by Crippen LogP contribution is -2.29. The lowest BCUT2D eigenvalue weighted by Gasteiger charge is -2.10. The third-order valence-electron chi connectivity index (χ3n) is 5.52. The first kappa shape index (κ1) is 24.6. The molecule has 4 N–H and O–H groups in total. The van der Waals surface area contributed by atoms with E-state index in [1.807, 2.05) is 17.6 Å². The van der Waals surface area contributed by atoms with E-state index in [-0.39, 0.29) is 11.3 Å². The number of anilines is 2. The fraction of sp³-hybridized carbons (Fsp3) is 0.0800. The highest BCUT2D eigenvalue weighted by Crippen LogP contribution is 2.37. The van der Waals surface area contributed by atoms with Crippen molar-refractivity contribution in [2.24, 2.45) is 7.05 Å². The van der Waals surface area contributed by atoms with Crippen LogP contribution < -0.4 is 10.6 Å². The number of amides is 2. The number of carbonyl (C=O) groups excluding carboxylic acids is 2. The fourth-order valence-electron chi connectivity index (χ4n) is 3.71. The lowest BCUT2D eigenvalue weighted by molar-refractivity contribution is -0.132. The minimum absolute atomic E-state index is 0.186. The molecule has 3 aromatic carbocycles. The van der Waals surface area contributed by atoms with Crippen molar-refractivity contribution in [2.75, 3.05) is 10.6 Å². The number of aromatic hydroxyl groups is 1. The van der Waals surface area contributed by atoms with Crippen molar-refractivity contribution in [3.8, 4) is 17.0 Å². The predicted molar refractivity (Wildman–Crippen MR) is 143 cm³/mol. The molecular weight excluding hydrogens is 585 g/mol. The van der Waals surface area contributed by atoms with Gasteiger partial charge in [0, 0.05) is 44.0 Å². The van der Waals surface area contributed by atoms with Gasteiger partial charge in [-0.25, -0.2) is 4.79 Å². The number of nitrogens with one attached hydrogen (secondary N) is 2. The molecule has 0 aliphatic carbocycles. The highest BCUT2D eigenvalue weighted by molar-refractivity contribution is 14.1. The highest BCUT2D eigenvalue weighted by Gasteiger charge is 2.20. The summed E-state index contributed by atoms with van der Waals surface area (Å²) in [5.74, 6) is -3.23. The first-order valence-electron chi connectivity index (χ1n) is 10.3. The standard InChI is InChI=1S/C25H19ClIN3O5/c1-12-6-7-15(9-18(12)26)29-24(33)23(32)28-14-5-3-4-13(8-14)22-21(27)16-10-17(25(34)35)20(31)11-19(16)30(22)2/h3-11,31H,1-2H3,(H,28,32)(H,29,33)(H,34,35). The fourth-order valence-corrected chi connectivity index (χ4v) is 4.99. The van der Waals surface area contributed by atoms with Crippen LogP contribution in [0, 0.1) is 10.5 Å². The molecule has 0 saturated heterocycles. The van der Waals surface area contributed by atoms with Crippen LogP contribution in [-0.4, -0.2) is 32.6 Å². The van der Waals surface area contributed by atoms with Crippen molar-refractivity contribution >= 4 is 74.3 Å². The topological polar surface area (TPSA) is 121 Å². The summed E-state index contributed by atoms with van der Waals surface area (Å²) < 4.78 is 2.61. The molecule has 0 fully saturated rings. The van der Waals surface area contributed by atoms with Crippen molar-refractivity contribution < 1.29 is 24.6 Å². The molecule has 1 heterocycles. The number of aromatic carboxylic acids is 1. The summed E-state index contributed by atoms with van der Waals surface area (Å²) in [5, 5.41) is 25.7. The number of carboxylic acids is 1. The van der Waals surface area contributed by atoms with Crippen LogP contribution in [0.3, 0.4) is 0 Å². The number of fused-ring (bicyclic) bond motifs is 1. The summed E-state index contributed by atoms with van der Waals surface area (Å²) in [5.41, 5.74) is 3.61. The molecule has 0 saturated carbocycles. The Balaban J connectivity index is 1.61. The highest BCUT2D eigenvalue weighted by atomic mass is 127. The van der Waals surface area contributed by atoms with Gasteiger partial charge >= 0.3 is 17.8 Å². The smallest absolute Gasteiger partial charge is 0.339 e. The molecule has 10 heteroatoms. The Morgan fingerprint density at radius 1 is 0.971 bits per heavy atom. The number of phenols is 1. The SMILES string of the molecule is Cc1ccc(NC(=O)C(=O)Nc2cccc(-c3c(I)c4cc(C(=O)O)c(O)cc4n3C)c2)cc1Cl. The third kappa shape index (κ3) is 4.82. The molecule has 8 nitrogen and oxygen atoms in total. The zero-order valence-electron chi connectivity index (χ0n) is 18.5. The van der Waals surface area contributed by atoms with Crippen LogP contribution in [0.2, 0.25) is 5.02 Å². The molecule has 2 amide bonds. The molecule has 0 aliphatic rings. The minimum Gasteiger partial charge on any atom is -0.507 e. The number of nitrogens with zero attached hydrogens (tertiary/aromatic N) is 1. The predicted octanol–water partition coefficient (Wildman–Crippen LogP) is 5.39. The average Bonchev–Trinajstić information content (AvgIpc) is 3.04. The van der Waals surface area contributed by atoms with Crippen LogP contribution in [-0.2, 0) is 16.6 Å². The number of carbonyl (C=O) groups is 3. The van der Waals surface area contributed by atoms with E-state index >= 15 is 0 Å². The summed E-state index contributed by atoms with van der Waals surface area (Å²) in [7, 11) is 1.80. The quantitative estimate of drug-likeness (QED) is 0.184. The first-order chi connectivity index (χ1) is 16.6. The van der Waals surface area contributed by atoms with Gasteiger partial charge in [0.1, 0.15) is 11.3 Å². The number of benzene rings is 3. The number of aryl methyl sites for hydroxylation is 2. The van der Waals surface area contributed by atoms with Crippen molar-refractivity contribution in [3.63, 3.8) is 0 Å². The van der Waals surface area contributed by atoms with Gasteiger partial charge in [-0.2, -0.15) is 0 Å². The Bertz CT molecular complexity index is 1530. The second-order valence-electron chi connectivity index (χ2n) is 7.87. The van der Waals surface area contributed by atoms with Gasteiger partial charge in [0.25, 0.3) is 0 Å². The molecule has 4 aromatic rings. The second kappa shape index (κ2) is 9.59. The number of carboxylic acid groups (broad SMARTS) is 1. The van der Waals surface area contributed by atoms with Gasteiger partial charge in [0.15, 0.2) is 0 Å². The second-order valence-corrected chi connectivity index (χ2v) is 9.35. The summed E-state index contributed by atoms with van der Waals surface area (Å²) >= 11 is 8.19. The third-order valence-corrected chi connectivity index (χ3v) is 7.01. The number of rotatable bonds is 4. The number of halogens is 2. The van der Waals surface area contributed by atoms with Gasteiger partial charge in [-0.1, -0.05) is 29.8 Å². The summed E-state index contributed by atoms with van der Waals surface area (Å²) in [6.07, 6.45) is 0. The molecule has 0 bridgehead atoms. The van der Waals surface area contributed by atoms with E-state index in [9.17, 15) is 24.6 Å². The van der Waals surface area contributed by atoms with Crippen LogP contribution in [0.5, 0.6) is 5.75 Å². The van der Waals surface area contributed by atoms with E-state index < -0.39 is 17.8 Å². The number of hydrogen-bond acceptors (Lipinski definition) is 4. The molecule has 35 heavy (non-hydrogen) atoms. The van der Waals surface area contributed by atoms with Crippen molar-refractivity contribution in [2.45, 2.75) is 6.92 Å². The molecular formula is C25H19ClIN3O5. The molecule has 178 valence electrons. The van der Waals surface area contributed by atoms with Crippen molar-refractivity contribution in [1.82, 2.24) is 4.57 Å². The monoisotopic (exact) mass is 603 g/mol. The zero-order valence-corrected chi connectivity index (χ0v) is 21.4. The van der Waals surface area contributed by atoms with Gasteiger partial charge in [-0.15, -0.1) is 0 Å². The van der Waals surface area contributed by atoms with E-state index in [1.54, 1.807) is 43.4 Å². The van der Waals surface area contributed by atoms with E-state index in [1.165, 1.54) is 12.1 Å². The van der Waals surface area contributed by atoms with E-state index in [0.717, 1.165) is 20.4 Å². The normalized spacial score (nSPS) is 10.9. The minimum atomic E-state index is -1.22. The van der Waals surface area contributed by atoms with Crippen LogP contribution in [0.4, 0.5) is 11.4 Å². The summed E-state index contributed by atoms with van der Waals surface area (Å²) in [4.78, 5) is 36.3. The van der Waals surface area contributed by atoms with Gasteiger partial charge in [-0.05, 0) is 65.4 Å². The Hall–Kier alpha value is -3.57. The van der Waals surface area contributed by atoms with Gasteiger partial charge in [0.2, 0.25) is 0 Å². The Kier molecular flexibility index (Phi) is 6.73. The molecule has 0 unspecified atom stereocenters. The maximum Gasteiger partial charge on any atom is 0.339 e. The molecule has 0 atom stereocenters. The molecule has 0 aliphatic heterocycles. The van der Waals surface area contributed by atoms with Gasteiger partial charge in [0.05, 0.1) is 11.2 Å². The van der Waals surface area contributed by atoms with E-state index in [2.05, 4.69) is 33.2 Å². The maximum absolute atomic E-state index is 12.5. The van der Waals surface area contributed by atoms with E-state index in [0.29, 0.717) is 27.3 Å². The first-order valence-corrected chi connectivity index (χ1v) is 11.8. The average molecular weight is 604 g/mol. The van der Waals surface area contributed by atoms with Crippen LogP contribution in [0.15, 0.2) is 54.6 Å². The molecule has 0 spiro atoms. The maximum atomic E-state index is 12.5. The zero-order chi connectivity index (χ0) is 25.4. The number of aromatic nitrogens is 1. The summed E-state index contributed by atoms with van der Waals surface area (Å²) in [6.45, 7) is 1.83. The van der Waals surface area contributed by atoms with Gasteiger partial charge < -0.3 is 25.4 Å².